The van der Waals surface area contributed by atoms with Gasteiger partial charge >= 0.3 is 5.97 Å². The van der Waals surface area contributed by atoms with Crippen molar-refractivity contribution < 1.29 is 14.3 Å². The molecule has 7 nitrogen and oxygen atoms in total. The van der Waals surface area contributed by atoms with E-state index in [1.165, 1.54) is 11.3 Å². The van der Waals surface area contributed by atoms with Crippen LogP contribution in [0.1, 0.15) is 62.0 Å². The van der Waals surface area contributed by atoms with E-state index in [4.69, 9.17) is 10.5 Å². The molecule has 3 saturated heterocycles. The number of anilines is 1. The van der Waals surface area contributed by atoms with Crippen molar-refractivity contribution in [1.29, 1.82) is 0 Å². The smallest absolute Gasteiger partial charge is 0.314 e. The number of aromatic nitrogens is 1. The Labute approximate surface area is 192 Å². The number of nitrogens with zero attached hydrogens (tertiary/aromatic N) is 3. The fraction of sp³-hybridized carbons (Fsp3) is 0.625. The molecule has 3 fully saturated rings. The normalized spacial score (nSPS) is 26.7. The Hall–Kier alpha value is -2.19. The van der Waals surface area contributed by atoms with Crippen LogP contribution in [0, 0.1) is 12.3 Å². The first-order chi connectivity index (χ1) is 15.2. The van der Waals surface area contributed by atoms with Gasteiger partial charge in [0.2, 0.25) is 0 Å². The van der Waals surface area contributed by atoms with E-state index >= 15 is 0 Å². The van der Waals surface area contributed by atoms with Gasteiger partial charge in [0.05, 0.1) is 11.0 Å². The zero-order valence-corrected chi connectivity index (χ0v) is 20.0. The van der Waals surface area contributed by atoms with E-state index in [0.29, 0.717) is 29.7 Å². The third-order valence-electron chi connectivity index (χ3n) is 7.38. The minimum atomic E-state index is -0.369. The van der Waals surface area contributed by atoms with Crippen molar-refractivity contribution >= 4 is 38.4 Å². The number of fused-ring (bicyclic) bond motifs is 1. The lowest BCUT2D eigenvalue weighted by atomic mass is 9.74. The molecule has 0 saturated carbocycles. The van der Waals surface area contributed by atoms with Gasteiger partial charge in [0.25, 0.3) is 5.91 Å². The molecule has 0 aromatic carbocycles. The molecule has 0 radical (unpaired) electrons. The molecule has 0 aliphatic carbocycles. The predicted octanol–water partition coefficient (Wildman–Crippen LogP) is 3.60. The molecule has 172 valence electrons. The summed E-state index contributed by atoms with van der Waals surface area (Å²) in [6, 6.07) is 4.28. The highest BCUT2D eigenvalue weighted by Gasteiger charge is 2.54. The van der Waals surface area contributed by atoms with Crippen molar-refractivity contribution in [3.63, 3.8) is 0 Å². The number of nitrogens with two attached hydrogens (primary N) is 1. The number of likely N-dealkylation sites (tertiary alicyclic amines) is 2. The number of hydrogen-bond acceptors (Lipinski definition) is 7. The summed E-state index contributed by atoms with van der Waals surface area (Å²) < 4.78 is 5.69. The number of rotatable bonds is 2. The molecule has 32 heavy (non-hydrogen) atoms. The van der Waals surface area contributed by atoms with Gasteiger partial charge in [0.15, 0.2) is 0 Å². The lowest BCUT2D eigenvalue weighted by molar-refractivity contribution is -0.154. The van der Waals surface area contributed by atoms with Crippen molar-refractivity contribution in [2.45, 2.75) is 64.5 Å². The summed E-state index contributed by atoms with van der Waals surface area (Å²) >= 11 is 1.39. The number of amides is 1. The lowest BCUT2D eigenvalue weighted by Gasteiger charge is -2.44. The van der Waals surface area contributed by atoms with Gasteiger partial charge in [-0.05, 0) is 65.1 Å². The second-order valence-corrected chi connectivity index (χ2v) is 11.4. The van der Waals surface area contributed by atoms with Crippen LogP contribution in [0.15, 0.2) is 12.1 Å². The van der Waals surface area contributed by atoms with E-state index in [-0.39, 0.29) is 22.9 Å². The Morgan fingerprint density at radius 3 is 2.69 bits per heavy atom. The van der Waals surface area contributed by atoms with Crippen LogP contribution in [0.2, 0.25) is 0 Å². The number of esters is 1. The van der Waals surface area contributed by atoms with Gasteiger partial charge in [-0.2, -0.15) is 0 Å². The van der Waals surface area contributed by atoms with Crippen molar-refractivity contribution in [2.24, 2.45) is 5.41 Å². The zero-order chi connectivity index (χ0) is 22.7. The molecule has 8 heteroatoms. The first-order valence-corrected chi connectivity index (χ1v) is 12.4. The van der Waals surface area contributed by atoms with E-state index in [1.54, 1.807) is 0 Å². The SMILES string of the molecule is Cc1ccc2c(C(=O)N3CCC(N4CCCC5(C4)CC(C)(C)OC5=O)CC3)c(N)sc2n1. The Bertz CT molecular complexity index is 1070. The highest BCUT2D eigenvalue weighted by molar-refractivity contribution is 7.22. The van der Waals surface area contributed by atoms with Crippen molar-refractivity contribution in [1.82, 2.24) is 14.8 Å². The maximum absolute atomic E-state index is 13.3. The maximum atomic E-state index is 13.3. The van der Waals surface area contributed by atoms with Crippen LogP contribution in [-0.2, 0) is 9.53 Å². The number of piperidine rings is 2. The van der Waals surface area contributed by atoms with Crippen LogP contribution in [0.25, 0.3) is 10.2 Å². The minimum Gasteiger partial charge on any atom is -0.459 e. The number of aryl methyl sites for hydroxylation is 1. The van der Waals surface area contributed by atoms with Crippen LogP contribution in [-0.4, -0.2) is 64.5 Å². The molecule has 5 heterocycles. The molecule has 2 aromatic heterocycles. The third kappa shape index (κ3) is 3.67. The third-order valence-corrected chi connectivity index (χ3v) is 8.30. The molecule has 3 aliphatic rings. The average molecular weight is 457 g/mol. The number of pyridine rings is 1. The number of cyclic esters (lactones) is 1. The summed E-state index contributed by atoms with van der Waals surface area (Å²) in [5, 5.41) is 1.40. The summed E-state index contributed by atoms with van der Waals surface area (Å²) in [6.45, 7) is 9.18. The number of hydrogen-bond donors (Lipinski definition) is 1. The molecule has 1 unspecified atom stereocenters. The van der Waals surface area contributed by atoms with Gasteiger partial charge < -0.3 is 15.4 Å². The molecular formula is C24H32N4O3S. The molecule has 3 aliphatic heterocycles. The first kappa shape index (κ1) is 21.6. The Balaban J connectivity index is 1.26. The Kier molecular flexibility index (Phi) is 5.21. The molecule has 2 aromatic rings. The molecule has 0 bridgehead atoms. The average Bonchev–Trinajstić information content (AvgIpc) is 3.18. The predicted molar refractivity (Wildman–Crippen MR) is 126 cm³/mol. The van der Waals surface area contributed by atoms with Gasteiger partial charge in [-0.15, -0.1) is 0 Å². The topological polar surface area (TPSA) is 88.8 Å². The molecule has 1 spiro atoms. The van der Waals surface area contributed by atoms with Crippen LogP contribution in [0.3, 0.4) is 0 Å². The lowest BCUT2D eigenvalue weighted by Crippen LogP contribution is -2.53. The first-order valence-electron chi connectivity index (χ1n) is 11.6. The molecule has 5 rings (SSSR count). The summed E-state index contributed by atoms with van der Waals surface area (Å²) in [5.41, 5.74) is 7.03. The highest BCUT2D eigenvalue weighted by atomic mass is 32.1. The van der Waals surface area contributed by atoms with E-state index in [1.807, 2.05) is 37.8 Å². The summed E-state index contributed by atoms with van der Waals surface area (Å²) in [7, 11) is 0. The van der Waals surface area contributed by atoms with Crippen LogP contribution in [0.4, 0.5) is 5.00 Å². The van der Waals surface area contributed by atoms with Crippen molar-refractivity contribution in [3.05, 3.63) is 23.4 Å². The second kappa shape index (κ2) is 7.70. The van der Waals surface area contributed by atoms with Gasteiger partial charge in [-0.3, -0.25) is 14.5 Å². The number of carbonyl (C=O) groups excluding carboxylic acids is 2. The zero-order valence-electron chi connectivity index (χ0n) is 19.1. The number of carbonyl (C=O) groups is 2. The van der Waals surface area contributed by atoms with E-state index in [9.17, 15) is 9.59 Å². The van der Waals surface area contributed by atoms with Gasteiger partial charge in [-0.25, -0.2) is 4.98 Å². The largest absolute Gasteiger partial charge is 0.459 e. The second-order valence-electron chi connectivity index (χ2n) is 10.4. The van der Waals surface area contributed by atoms with Crippen LogP contribution >= 0.6 is 11.3 Å². The summed E-state index contributed by atoms with van der Waals surface area (Å²) in [6.07, 6.45) is 4.57. The Morgan fingerprint density at radius 2 is 2.00 bits per heavy atom. The molecular weight excluding hydrogens is 424 g/mol. The standard InChI is InChI=1S/C24H32N4O3S/c1-15-5-6-17-18(19(25)32-20(17)26-15)21(29)27-11-7-16(8-12-27)28-10-4-9-24(14-28)13-23(2,3)31-22(24)30/h5-6,16H,4,7-14,25H2,1-3H3. The fourth-order valence-electron chi connectivity index (χ4n) is 5.97. The Morgan fingerprint density at radius 1 is 1.25 bits per heavy atom. The maximum Gasteiger partial charge on any atom is 0.314 e. The molecule has 2 N–H and O–H groups in total. The molecule has 1 amide bonds. The number of thiophene rings is 1. The highest BCUT2D eigenvalue weighted by Crippen LogP contribution is 2.46. The fourth-order valence-corrected chi connectivity index (χ4v) is 6.95. The molecule has 1 atom stereocenters. The van der Waals surface area contributed by atoms with Crippen molar-refractivity contribution in [2.75, 3.05) is 31.9 Å². The monoisotopic (exact) mass is 456 g/mol. The van der Waals surface area contributed by atoms with Crippen molar-refractivity contribution in [3.8, 4) is 0 Å². The van der Waals surface area contributed by atoms with Crippen LogP contribution < -0.4 is 5.73 Å². The van der Waals surface area contributed by atoms with Gasteiger partial charge in [0.1, 0.15) is 15.4 Å². The summed E-state index contributed by atoms with van der Waals surface area (Å²) in [4.78, 5) is 35.8. The minimum absolute atomic E-state index is 0.00841. The number of ether oxygens (including phenoxy) is 1. The quantitative estimate of drug-likeness (QED) is 0.695. The van der Waals surface area contributed by atoms with Crippen LogP contribution in [0.5, 0.6) is 0 Å². The van der Waals surface area contributed by atoms with E-state index in [2.05, 4.69) is 9.88 Å². The van der Waals surface area contributed by atoms with E-state index < -0.39 is 0 Å². The van der Waals surface area contributed by atoms with Gasteiger partial charge in [-0.1, -0.05) is 11.3 Å². The van der Waals surface area contributed by atoms with Gasteiger partial charge in [0, 0.05) is 43.2 Å². The number of nitrogen functional groups attached to an aromatic ring is 1. The summed E-state index contributed by atoms with van der Waals surface area (Å²) in [5.74, 6) is -0.0161. The van der Waals surface area contributed by atoms with E-state index in [0.717, 1.165) is 61.1 Å².